The molecule has 0 aliphatic rings. The van der Waals surface area contributed by atoms with Crippen molar-refractivity contribution in [3.05, 3.63) is 66.4 Å². The number of nitrogens with one attached hydrogen (secondary N) is 1. The van der Waals surface area contributed by atoms with E-state index >= 15 is 0 Å². The lowest BCUT2D eigenvalue weighted by Crippen LogP contribution is -2.13. The van der Waals surface area contributed by atoms with E-state index in [1.807, 2.05) is 42.5 Å². The van der Waals surface area contributed by atoms with Crippen molar-refractivity contribution in [3.63, 3.8) is 0 Å². The summed E-state index contributed by atoms with van der Waals surface area (Å²) in [5.41, 5.74) is 0.985. The summed E-state index contributed by atoms with van der Waals surface area (Å²) < 4.78 is 10.4. The van der Waals surface area contributed by atoms with Crippen molar-refractivity contribution in [3.8, 4) is 11.3 Å². The van der Waals surface area contributed by atoms with Crippen LogP contribution in [0.2, 0.25) is 0 Å². The van der Waals surface area contributed by atoms with Gasteiger partial charge in [0.15, 0.2) is 23.7 Å². The fourth-order valence-corrected chi connectivity index (χ4v) is 2.54. The molecule has 0 unspecified atom stereocenters. The number of rotatable bonds is 3. The highest BCUT2D eigenvalue weighted by Crippen LogP contribution is 2.27. The summed E-state index contributed by atoms with van der Waals surface area (Å²) in [7, 11) is 0. The van der Waals surface area contributed by atoms with Gasteiger partial charge in [-0.1, -0.05) is 41.6 Å². The molecule has 0 aliphatic heterocycles. The highest BCUT2D eigenvalue weighted by Gasteiger charge is 2.19. The van der Waals surface area contributed by atoms with Crippen LogP contribution in [-0.4, -0.2) is 16.0 Å². The molecule has 2 aromatic heterocycles. The lowest BCUT2D eigenvalue weighted by atomic mass is 10.0. The van der Waals surface area contributed by atoms with Crippen LogP contribution in [0.3, 0.4) is 0 Å². The summed E-state index contributed by atoms with van der Waals surface area (Å²) in [6, 6.07) is 15.5. The molecule has 2 heterocycles. The molecule has 4 rings (SSSR count). The fourth-order valence-electron chi connectivity index (χ4n) is 2.54. The van der Waals surface area contributed by atoms with E-state index in [9.17, 15) is 4.79 Å². The number of amides is 1. The molecular weight excluding hydrogens is 306 g/mol. The van der Waals surface area contributed by atoms with Gasteiger partial charge in [0.2, 0.25) is 0 Å². The van der Waals surface area contributed by atoms with Gasteiger partial charge < -0.3 is 14.3 Å². The van der Waals surface area contributed by atoms with Gasteiger partial charge >= 0.3 is 0 Å². The molecule has 0 saturated heterocycles. The van der Waals surface area contributed by atoms with Gasteiger partial charge in [-0.05, 0) is 23.8 Å². The van der Waals surface area contributed by atoms with Gasteiger partial charge in [0.05, 0.1) is 0 Å². The van der Waals surface area contributed by atoms with E-state index in [2.05, 4.69) is 15.5 Å². The second kappa shape index (κ2) is 5.66. The van der Waals surface area contributed by atoms with Gasteiger partial charge in [0.1, 0.15) is 5.76 Å². The topological polar surface area (TPSA) is 81.2 Å². The Balaban J connectivity index is 1.69. The second-order valence-corrected chi connectivity index (χ2v) is 5.37. The molecular formula is C18H13N3O3. The Hall–Kier alpha value is -3.41. The van der Waals surface area contributed by atoms with Crippen LogP contribution in [0.1, 0.15) is 16.2 Å². The smallest absolute Gasteiger partial charge is 0.279 e. The summed E-state index contributed by atoms with van der Waals surface area (Å²) in [6.45, 7) is 1.75. The zero-order valence-corrected chi connectivity index (χ0v) is 12.8. The third-order valence-corrected chi connectivity index (χ3v) is 3.66. The zero-order valence-electron chi connectivity index (χ0n) is 12.8. The second-order valence-electron chi connectivity index (χ2n) is 5.37. The van der Waals surface area contributed by atoms with Crippen molar-refractivity contribution in [2.45, 2.75) is 6.92 Å². The van der Waals surface area contributed by atoms with E-state index in [4.69, 9.17) is 8.94 Å². The predicted molar refractivity (Wildman–Crippen MR) is 88.6 cm³/mol. The first-order valence-corrected chi connectivity index (χ1v) is 7.38. The normalized spacial score (nSPS) is 10.9. The van der Waals surface area contributed by atoms with Gasteiger partial charge in [-0.15, -0.1) is 0 Å². The van der Waals surface area contributed by atoms with E-state index in [0.717, 1.165) is 16.3 Å². The molecule has 1 N–H and O–H groups in total. The van der Waals surface area contributed by atoms with Crippen LogP contribution in [0.25, 0.3) is 22.1 Å². The molecule has 0 bridgehead atoms. The molecule has 0 atom stereocenters. The Kier molecular flexibility index (Phi) is 3.35. The molecule has 118 valence electrons. The molecule has 0 saturated carbocycles. The molecule has 1 amide bonds. The minimum atomic E-state index is -0.403. The molecule has 0 aliphatic carbocycles. The average molecular weight is 319 g/mol. The monoisotopic (exact) mass is 319 g/mol. The van der Waals surface area contributed by atoms with Crippen LogP contribution >= 0.6 is 0 Å². The van der Waals surface area contributed by atoms with Gasteiger partial charge in [0.25, 0.3) is 5.91 Å². The number of hydrogen-bond donors (Lipinski definition) is 1. The maximum absolute atomic E-state index is 12.4. The molecule has 6 nitrogen and oxygen atoms in total. The number of hydrogen-bond acceptors (Lipinski definition) is 5. The summed E-state index contributed by atoms with van der Waals surface area (Å²) in [6.07, 6.45) is 1.26. The Morgan fingerprint density at radius 3 is 2.71 bits per heavy atom. The van der Waals surface area contributed by atoms with Crippen LogP contribution in [-0.2, 0) is 0 Å². The largest absolute Gasteiger partial charge is 0.443 e. The number of anilines is 1. The van der Waals surface area contributed by atoms with E-state index in [1.54, 1.807) is 13.0 Å². The van der Waals surface area contributed by atoms with Crippen molar-refractivity contribution in [2.24, 2.45) is 0 Å². The Morgan fingerprint density at radius 1 is 1.08 bits per heavy atom. The van der Waals surface area contributed by atoms with Gasteiger partial charge in [-0.3, -0.25) is 4.79 Å². The van der Waals surface area contributed by atoms with Crippen LogP contribution < -0.4 is 5.32 Å². The van der Waals surface area contributed by atoms with Crippen LogP contribution in [0.4, 0.5) is 5.82 Å². The van der Waals surface area contributed by atoms with Gasteiger partial charge in [-0.2, -0.15) is 0 Å². The standard InChI is InChI=1S/C18H13N3O3/c1-11-8-15(21-24-11)20-18(22)16-17(23-10-19-16)14-7-6-12-4-2-3-5-13(12)9-14/h2-10H,1H3,(H,20,21,22). The first-order valence-electron chi connectivity index (χ1n) is 7.38. The predicted octanol–water partition coefficient (Wildman–Crippen LogP) is 4.04. The SMILES string of the molecule is Cc1cc(NC(=O)c2ncoc2-c2ccc3ccccc3c2)no1. The lowest BCUT2D eigenvalue weighted by molar-refractivity contribution is 0.102. The number of fused-ring (bicyclic) bond motifs is 1. The molecule has 4 aromatic rings. The van der Waals surface area contributed by atoms with E-state index in [0.29, 0.717) is 17.3 Å². The number of carbonyl (C=O) groups is 1. The number of carbonyl (C=O) groups excluding carboxylic acids is 1. The van der Waals surface area contributed by atoms with Crippen LogP contribution in [0, 0.1) is 6.92 Å². The Labute approximate surface area is 137 Å². The van der Waals surface area contributed by atoms with E-state index in [-0.39, 0.29) is 5.69 Å². The Morgan fingerprint density at radius 2 is 1.92 bits per heavy atom. The van der Waals surface area contributed by atoms with Crippen molar-refractivity contribution in [1.29, 1.82) is 0 Å². The number of nitrogens with zero attached hydrogens (tertiary/aromatic N) is 2. The van der Waals surface area contributed by atoms with Crippen LogP contribution in [0.15, 0.2) is 63.9 Å². The van der Waals surface area contributed by atoms with Crippen molar-refractivity contribution >= 4 is 22.5 Å². The number of aryl methyl sites for hydroxylation is 1. The molecule has 2 aromatic carbocycles. The zero-order chi connectivity index (χ0) is 16.5. The highest BCUT2D eigenvalue weighted by atomic mass is 16.5. The lowest BCUT2D eigenvalue weighted by Gasteiger charge is -2.03. The maximum Gasteiger partial charge on any atom is 0.279 e. The van der Waals surface area contributed by atoms with Crippen molar-refractivity contribution in [1.82, 2.24) is 10.1 Å². The van der Waals surface area contributed by atoms with Crippen molar-refractivity contribution < 1.29 is 13.7 Å². The maximum atomic E-state index is 12.4. The van der Waals surface area contributed by atoms with Crippen LogP contribution in [0.5, 0.6) is 0 Å². The van der Waals surface area contributed by atoms with E-state index < -0.39 is 5.91 Å². The Bertz CT molecular complexity index is 1030. The summed E-state index contributed by atoms with van der Waals surface area (Å²) >= 11 is 0. The van der Waals surface area contributed by atoms with Gasteiger partial charge in [0, 0.05) is 11.6 Å². The number of oxazole rings is 1. The minimum absolute atomic E-state index is 0.200. The average Bonchev–Trinajstić information content (AvgIpc) is 3.23. The summed E-state index contributed by atoms with van der Waals surface area (Å²) in [5, 5.41) is 8.57. The highest BCUT2D eigenvalue weighted by molar-refractivity contribution is 6.06. The third-order valence-electron chi connectivity index (χ3n) is 3.66. The quantitative estimate of drug-likeness (QED) is 0.616. The summed E-state index contributed by atoms with van der Waals surface area (Å²) in [5.74, 6) is 0.962. The first kappa shape index (κ1) is 14.2. The minimum Gasteiger partial charge on any atom is -0.443 e. The third kappa shape index (κ3) is 2.54. The molecule has 24 heavy (non-hydrogen) atoms. The number of aromatic nitrogens is 2. The van der Waals surface area contributed by atoms with Gasteiger partial charge in [-0.25, -0.2) is 4.98 Å². The fraction of sp³-hybridized carbons (Fsp3) is 0.0556. The molecule has 0 fully saturated rings. The van der Waals surface area contributed by atoms with E-state index in [1.165, 1.54) is 6.39 Å². The summed E-state index contributed by atoms with van der Waals surface area (Å²) in [4.78, 5) is 16.5. The molecule has 0 radical (unpaired) electrons. The number of benzene rings is 2. The van der Waals surface area contributed by atoms with Crippen molar-refractivity contribution in [2.75, 3.05) is 5.32 Å². The molecule has 6 heteroatoms. The first-order chi connectivity index (χ1) is 11.7. The molecule has 0 spiro atoms.